The maximum absolute atomic E-state index is 12.8. The highest BCUT2D eigenvalue weighted by molar-refractivity contribution is 7.99. The van der Waals surface area contributed by atoms with Crippen LogP contribution in [0.3, 0.4) is 0 Å². The zero-order valence-corrected chi connectivity index (χ0v) is 8.23. The van der Waals surface area contributed by atoms with Gasteiger partial charge in [-0.1, -0.05) is 6.08 Å². The van der Waals surface area contributed by atoms with Crippen LogP contribution in [-0.4, -0.2) is 12.9 Å². The lowest BCUT2D eigenvalue weighted by Gasteiger charge is -2.06. The van der Waals surface area contributed by atoms with E-state index in [1.54, 1.807) is 19.3 Å². The summed E-state index contributed by atoms with van der Waals surface area (Å²) in [6.07, 6.45) is 1.77. The van der Waals surface area contributed by atoms with Crippen molar-refractivity contribution in [2.24, 2.45) is 0 Å². The normalized spacial score (nSPS) is 9.69. The first-order chi connectivity index (χ1) is 6.27. The molecule has 1 aromatic carbocycles. The molecule has 70 valence electrons. The third-order valence-corrected chi connectivity index (χ3v) is 2.51. The van der Waals surface area contributed by atoms with Gasteiger partial charge in [0.05, 0.1) is 12.0 Å². The molecule has 0 heterocycles. The summed E-state index contributed by atoms with van der Waals surface area (Å²) < 4.78 is 17.9. The molecule has 1 aromatic rings. The smallest absolute Gasteiger partial charge is 0.132 e. The van der Waals surface area contributed by atoms with Gasteiger partial charge in [0.15, 0.2) is 0 Å². The molecule has 3 heteroatoms. The van der Waals surface area contributed by atoms with Crippen LogP contribution >= 0.6 is 11.8 Å². The number of hydrogen-bond donors (Lipinski definition) is 0. The molecule has 0 spiro atoms. The van der Waals surface area contributed by atoms with Crippen LogP contribution in [-0.2, 0) is 0 Å². The van der Waals surface area contributed by atoms with Crippen LogP contribution in [0.1, 0.15) is 0 Å². The third kappa shape index (κ3) is 2.77. The number of methoxy groups -OCH3 is 1. The van der Waals surface area contributed by atoms with Gasteiger partial charge in [0.1, 0.15) is 11.6 Å². The lowest BCUT2D eigenvalue weighted by molar-refractivity contribution is 0.403. The number of rotatable bonds is 4. The van der Waals surface area contributed by atoms with Crippen molar-refractivity contribution >= 4 is 11.8 Å². The van der Waals surface area contributed by atoms with Crippen LogP contribution in [0.25, 0.3) is 0 Å². The zero-order chi connectivity index (χ0) is 9.68. The SMILES string of the molecule is C=CCSc1cc(F)ccc1OC. The van der Waals surface area contributed by atoms with Crippen LogP contribution in [0.4, 0.5) is 4.39 Å². The minimum Gasteiger partial charge on any atom is -0.496 e. The highest BCUT2D eigenvalue weighted by Crippen LogP contribution is 2.29. The predicted molar refractivity (Wildman–Crippen MR) is 53.9 cm³/mol. The Hall–Kier alpha value is -0.960. The molecule has 0 aliphatic heterocycles. The summed E-state index contributed by atoms with van der Waals surface area (Å²) in [5, 5.41) is 0. The van der Waals surface area contributed by atoms with Gasteiger partial charge < -0.3 is 4.74 Å². The molecule has 0 fully saturated rings. The quantitative estimate of drug-likeness (QED) is 0.543. The number of hydrogen-bond acceptors (Lipinski definition) is 2. The molecular formula is C10H11FOS. The summed E-state index contributed by atoms with van der Waals surface area (Å²) in [6, 6.07) is 4.48. The van der Waals surface area contributed by atoms with Gasteiger partial charge in [-0.25, -0.2) is 4.39 Å². The molecule has 1 rings (SSSR count). The Morgan fingerprint density at radius 3 is 3.00 bits per heavy atom. The van der Waals surface area contributed by atoms with Gasteiger partial charge in [0.25, 0.3) is 0 Å². The molecule has 0 aliphatic rings. The molecule has 0 saturated carbocycles. The van der Waals surface area contributed by atoms with E-state index in [1.165, 1.54) is 23.9 Å². The standard InChI is InChI=1S/C10H11FOS/c1-3-6-13-10-7-8(11)4-5-9(10)12-2/h3-5,7H,1,6H2,2H3. The maximum Gasteiger partial charge on any atom is 0.132 e. The number of benzene rings is 1. The lowest BCUT2D eigenvalue weighted by Crippen LogP contribution is -1.87. The van der Waals surface area contributed by atoms with Crippen molar-refractivity contribution in [1.82, 2.24) is 0 Å². The number of halogens is 1. The molecule has 0 amide bonds. The van der Waals surface area contributed by atoms with Crippen molar-refractivity contribution in [2.45, 2.75) is 4.90 Å². The second-order valence-electron chi connectivity index (χ2n) is 2.39. The lowest BCUT2D eigenvalue weighted by atomic mass is 10.3. The van der Waals surface area contributed by atoms with E-state index in [1.807, 2.05) is 0 Å². The summed E-state index contributed by atoms with van der Waals surface area (Å²) in [6.45, 7) is 3.60. The molecule has 0 N–H and O–H groups in total. The Balaban J connectivity index is 2.87. The first-order valence-corrected chi connectivity index (χ1v) is 4.83. The average Bonchev–Trinajstić information content (AvgIpc) is 2.15. The molecule has 0 radical (unpaired) electrons. The van der Waals surface area contributed by atoms with Crippen LogP contribution in [0.2, 0.25) is 0 Å². The molecule has 13 heavy (non-hydrogen) atoms. The van der Waals surface area contributed by atoms with Crippen molar-refractivity contribution < 1.29 is 9.13 Å². The third-order valence-electron chi connectivity index (χ3n) is 1.48. The Morgan fingerprint density at radius 2 is 2.38 bits per heavy atom. The van der Waals surface area contributed by atoms with Gasteiger partial charge in [-0.2, -0.15) is 0 Å². The largest absolute Gasteiger partial charge is 0.496 e. The molecule has 0 saturated heterocycles. The fraction of sp³-hybridized carbons (Fsp3) is 0.200. The molecule has 0 bridgehead atoms. The second-order valence-corrected chi connectivity index (χ2v) is 3.46. The second kappa shape index (κ2) is 4.92. The van der Waals surface area contributed by atoms with Gasteiger partial charge >= 0.3 is 0 Å². The highest BCUT2D eigenvalue weighted by atomic mass is 32.2. The van der Waals surface area contributed by atoms with Crippen molar-refractivity contribution in [3.8, 4) is 5.75 Å². The summed E-state index contributed by atoms with van der Waals surface area (Å²) in [4.78, 5) is 0.808. The van der Waals surface area contributed by atoms with Gasteiger partial charge in [0.2, 0.25) is 0 Å². The van der Waals surface area contributed by atoms with Crippen molar-refractivity contribution in [3.05, 3.63) is 36.7 Å². The van der Waals surface area contributed by atoms with E-state index >= 15 is 0 Å². The molecule has 0 aliphatic carbocycles. The topological polar surface area (TPSA) is 9.23 Å². The van der Waals surface area contributed by atoms with Crippen molar-refractivity contribution in [2.75, 3.05) is 12.9 Å². The molecule has 0 unspecified atom stereocenters. The maximum atomic E-state index is 12.8. The number of thioether (sulfide) groups is 1. The summed E-state index contributed by atoms with van der Waals surface area (Å²) in [7, 11) is 1.57. The van der Waals surface area contributed by atoms with Crippen LogP contribution in [0, 0.1) is 5.82 Å². The van der Waals surface area contributed by atoms with E-state index in [9.17, 15) is 4.39 Å². The molecule has 0 aromatic heterocycles. The first kappa shape index (κ1) is 10.1. The predicted octanol–water partition coefficient (Wildman–Crippen LogP) is 3.11. The zero-order valence-electron chi connectivity index (χ0n) is 7.42. The number of ether oxygens (including phenoxy) is 1. The summed E-state index contributed by atoms with van der Waals surface area (Å²) in [5.41, 5.74) is 0. The molecular weight excluding hydrogens is 187 g/mol. The van der Waals surface area contributed by atoms with Crippen molar-refractivity contribution in [3.63, 3.8) is 0 Å². The van der Waals surface area contributed by atoms with Crippen LogP contribution < -0.4 is 4.74 Å². The fourth-order valence-corrected chi connectivity index (χ4v) is 1.70. The van der Waals surface area contributed by atoms with E-state index in [2.05, 4.69) is 6.58 Å². The fourth-order valence-electron chi connectivity index (χ4n) is 0.912. The van der Waals surface area contributed by atoms with E-state index in [-0.39, 0.29) is 5.82 Å². The molecule has 1 nitrogen and oxygen atoms in total. The minimum atomic E-state index is -0.243. The Labute approximate surface area is 81.6 Å². The van der Waals surface area contributed by atoms with E-state index in [0.29, 0.717) is 5.75 Å². The average molecular weight is 198 g/mol. The monoisotopic (exact) mass is 198 g/mol. The van der Waals surface area contributed by atoms with Gasteiger partial charge in [-0.05, 0) is 18.2 Å². The van der Waals surface area contributed by atoms with Crippen LogP contribution in [0.5, 0.6) is 5.75 Å². The van der Waals surface area contributed by atoms with E-state index in [4.69, 9.17) is 4.74 Å². The van der Waals surface area contributed by atoms with Gasteiger partial charge in [-0.15, -0.1) is 18.3 Å². The Morgan fingerprint density at radius 1 is 1.62 bits per heavy atom. The van der Waals surface area contributed by atoms with Gasteiger partial charge in [0, 0.05) is 5.75 Å². The highest BCUT2D eigenvalue weighted by Gasteiger charge is 2.03. The summed E-state index contributed by atoms with van der Waals surface area (Å²) in [5.74, 6) is 1.21. The minimum absolute atomic E-state index is 0.243. The first-order valence-electron chi connectivity index (χ1n) is 3.85. The van der Waals surface area contributed by atoms with Crippen LogP contribution in [0.15, 0.2) is 35.7 Å². The van der Waals surface area contributed by atoms with E-state index in [0.717, 1.165) is 10.6 Å². The Bertz CT molecular complexity index is 299. The van der Waals surface area contributed by atoms with E-state index < -0.39 is 0 Å². The molecule has 0 atom stereocenters. The Kier molecular flexibility index (Phi) is 3.83. The van der Waals surface area contributed by atoms with Gasteiger partial charge in [-0.3, -0.25) is 0 Å². The van der Waals surface area contributed by atoms with Crippen molar-refractivity contribution in [1.29, 1.82) is 0 Å². The summed E-state index contributed by atoms with van der Waals surface area (Å²) >= 11 is 1.50.